The molecule has 4 heteroatoms. The van der Waals surface area contributed by atoms with E-state index >= 15 is 0 Å². The third-order valence-electron chi connectivity index (χ3n) is 2.98. The lowest BCUT2D eigenvalue weighted by molar-refractivity contribution is 0.218. The van der Waals surface area contributed by atoms with Crippen LogP contribution in [-0.4, -0.2) is 18.8 Å². The lowest BCUT2D eigenvalue weighted by Crippen LogP contribution is -2.02. The van der Waals surface area contributed by atoms with Gasteiger partial charge in [-0.05, 0) is 42.3 Å². The largest absolute Gasteiger partial charge is 0.494 e. The van der Waals surface area contributed by atoms with Gasteiger partial charge in [0.1, 0.15) is 11.9 Å². The van der Waals surface area contributed by atoms with E-state index in [1.807, 2.05) is 19.1 Å². The van der Waals surface area contributed by atoms with Crippen molar-refractivity contribution in [2.75, 3.05) is 13.7 Å². The van der Waals surface area contributed by atoms with E-state index < -0.39 is 11.9 Å². The number of aliphatic hydroxyl groups is 1. The van der Waals surface area contributed by atoms with Crippen molar-refractivity contribution >= 4 is 0 Å². The summed E-state index contributed by atoms with van der Waals surface area (Å²) in [5.74, 6) is 0.354. The number of aliphatic hydroxyl groups excluding tert-OH is 1. The monoisotopic (exact) mass is 276 g/mol. The van der Waals surface area contributed by atoms with E-state index in [2.05, 4.69) is 0 Å². The number of hydrogen-bond acceptors (Lipinski definition) is 3. The second-order valence-electron chi connectivity index (χ2n) is 4.30. The normalized spacial score (nSPS) is 12.0. The van der Waals surface area contributed by atoms with Gasteiger partial charge in [0.05, 0.1) is 13.7 Å². The summed E-state index contributed by atoms with van der Waals surface area (Å²) in [5.41, 5.74) is 1.25. The van der Waals surface area contributed by atoms with Crippen LogP contribution >= 0.6 is 0 Å². The molecule has 2 rings (SSSR count). The number of hydrogen-bond donors (Lipinski definition) is 1. The Morgan fingerprint density at radius 2 is 1.90 bits per heavy atom. The molecule has 106 valence electrons. The van der Waals surface area contributed by atoms with Crippen molar-refractivity contribution in [3.8, 4) is 11.5 Å². The fourth-order valence-electron chi connectivity index (χ4n) is 1.98. The van der Waals surface area contributed by atoms with Gasteiger partial charge in [-0.3, -0.25) is 0 Å². The van der Waals surface area contributed by atoms with Crippen LogP contribution in [-0.2, 0) is 0 Å². The maximum Gasteiger partial charge on any atom is 0.165 e. The smallest absolute Gasteiger partial charge is 0.165 e. The van der Waals surface area contributed by atoms with Gasteiger partial charge in [-0.25, -0.2) is 4.39 Å². The number of halogens is 1. The molecular formula is C16H17FO3. The quantitative estimate of drug-likeness (QED) is 0.910. The highest BCUT2D eigenvalue weighted by atomic mass is 19.1. The summed E-state index contributed by atoms with van der Waals surface area (Å²) in [6.07, 6.45) is -0.857. The average Bonchev–Trinajstić information content (AvgIpc) is 2.48. The molecule has 0 heterocycles. The van der Waals surface area contributed by atoms with Gasteiger partial charge >= 0.3 is 0 Å². The topological polar surface area (TPSA) is 38.7 Å². The van der Waals surface area contributed by atoms with Crippen molar-refractivity contribution in [2.45, 2.75) is 13.0 Å². The summed E-state index contributed by atoms with van der Waals surface area (Å²) in [4.78, 5) is 0. The second-order valence-corrected chi connectivity index (χ2v) is 4.30. The number of ether oxygens (including phenoxy) is 2. The molecule has 0 spiro atoms. The zero-order valence-electron chi connectivity index (χ0n) is 11.5. The molecule has 0 saturated heterocycles. The Hall–Kier alpha value is -2.07. The summed E-state index contributed by atoms with van der Waals surface area (Å²) in [7, 11) is 1.39. The zero-order chi connectivity index (χ0) is 14.5. The number of methoxy groups -OCH3 is 1. The Balaban J connectivity index is 2.30. The molecule has 0 fully saturated rings. The minimum Gasteiger partial charge on any atom is -0.494 e. The molecule has 0 aliphatic carbocycles. The molecule has 0 amide bonds. The van der Waals surface area contributed by atoms with Crippen molar-refractivity contribution < 1.29 is 19.0 Å². The fraction of sp³-hybridized carbons (Fsp3) is 0.250. The van der Waals surface area contributed by atoms with Crippen molar-refractivity contribution in [3.63, 3.8) is 0 Å². The first-order valence-electron chi connectivity index (χ1n) is 6.40. The van der Waals surface area contributed by atoms with E-state index in [0.29, 0.717) is 23.5 Å². The van der Waals surface area contributed by atoms with Crippen LogP contribution in [0.15, 0.2) is 42.5 Å². The predicted octanol–water partition coefficient (Wildman–Crippen LogP) is 3.31. The number of rotatable bonds is 5. The zero-order valence-corrected chi connectivity index (χ0v) is 11.5. The van der Waals surface area contributed by atoms with Gasteiger partial charge in [-0.1, -0.05) is 18.2 Å². The van der Waals surface area contributed by atoms with Gasteiger partial charge < -0.3 is 14.6 Å². The minimum atomic E-state index is -0.857. The van der Waals surface area contributed by atoms with E-state index in [9.17, 15) is 9.50 Å². The van der Waals surface area contributed by atoms with Crippen molar-refractivity contribution in [2.24, 2.45) is 0 Å². The van der Waals surface area contributed by atoms with Gasteiger partial charge in [0.15, 0.2) is 11.6 Å². The van der Waals surface area contributed by atoms with Crippen molar-refractivity contribution in [1.29, 1.82) is 0 Å². The molecule has 2 aromatic carbocycles. The van der Waals surface area contributed by atoms with Gasteiger partial charge in [-0.2, -0.15) is 0 Å². The van der Waals surface area contributed by atoms with Gasteiger partial charge in [0, 0.05) is 0 Å². The molecule has 2 aromatic rings. The fourth-order valence-corrected chi connectivity index (χ4v) is 1.98. The molecule has 1 unspecified atom stereocenters. The molecule has 3 nitrogen and oxygen atoms in total. The lowest BCUT2D eigenvalue weighted by Gasteiger charge is -2.14. The Morgan fingerprint density at radius 1 is 1.15 bits per heavy atom. The lowest BCUT2D eigenvalue weighted by atomic mass is 10.0. The Kier molecular flexibility index (Phi) is 4.58. The molecule has 0 bridgehead atoms. The van der Waals surface area contributed by atoms with E-state index in [0.717, 1.165) is 0 Å². The van der Waals surface area contributed by atoms with Crippen LogP contribution in [0.3, 0.4) is 0 Å². The highest BCUT2D eigenvalue weighted by Gasteiger charge is 2.14. The molecule has 0 radical (unpaired) electrons. The van der Waals surface area contributed by atoms with Crippen molar-refractivity contribution in [3.05, 3.63) is 59.4 Å². The Bertz CT molecular complexity index is 584. The highest BCUT2D eigenvalue weighted by Crippen LogP contribution is 2.28. The summed E-state index contributed by atoms with van der Waals surface area (Å²) in [6, 6.07) is 11.5. The molecular weight excluding hydrogens is 259 g/mol. The number of benzene rings is 2. The van der Waals surface area contributed by atoms with Gasteiger partial charge in [0.25, 0.3) is 0 Å². The molecule has 1 atom stereocenters. The molecule has 0 aromatic heterocycles. The molecule has 0 aliphatic heterocycles. The van der Waals surface area contributed by atoms with Crippen LogP contribution in [0.2, 0.25) is 0 Å². The van der Waals surface area contributed by atoms with Crippen LogP contribution < -0.4 is 9.47 Å². The molecule has 20 heavy (non-hydrogen) atoms. The van der Waals surface area contributed by atoms with E-state index in [1.165, 1.54) is 25.3 Å². The Labute approximate surface area is 117 Å². The van der Waals surface area contributed by atoms with Crippen LogP contribution in [0.5, 0.6) is 11.5 Å². The van der Waals surface area contributed by atoms with Gasteiger partial charge in [-0.15, -0.1) is 0 Å². The third kappa shape index (κ3) is 3.08. The summed E-state index contributed by atoms with van der Waals surface area (Å²) >= 11 is 0. The van der Waals surface area contributed by atoms with E-state index in [1.54, 1.807) is 12.1 Å². The predicted molar refractivity (Wildman–Crippen MR) is 74.6 cm³/mol. The molecule has 1 N–H and O–H groups in total. The molecule has 0 saturated carbocycles. The maximum atomic E-state index is 13.4. The minimum absolute atomic E-state index is 0.113. The van der Waals surface area contributed by atoms with E-state index in [4.69, 9.17) is 9.47 Å². The summed E-state index contributed by atoms with van der Waals surface area (Å²) in [5, 5.41) is 10.4. The molecule has 0 aliphatic rings. The van der Waals surface area contributed by atoms with Crippen LogP contribution in [0.1, 0.15) is 24.2 Å². The van der Waals surface area contributed by atoms with E-state index in [-0.39, 0.29) is 5.75 Å². The van der Waals surface area contributed by atoms with Crippen LogP contribution in [0.25, 0.3) is 0 Å². The second kappa shape index (κ2) is 6.39. The Morgan fingerprint density at radius 3 is 2.60 bits per heavy atom. The summed E-state index contributed by atoms with van der Waals surface area (Å²) < 4.78 is 23.7. The first-order valence-corrected chi connectivity index (χ1v) is 6.40. The van der Waals surface area contributed by atoms with Crippen LogP contribution in [0, 0.1) is 5.82 Å². The average molecular weight is 276 g/mol. The van der Waals surface area contributed by atoms with Gasteiger partial charge in [0.2, 0.25) is 0 Å². The third-order valence-corrected chi connectivity index (χ3v) is 2.98. The summed E-state index contributed by atoms with van der Waals surface area (Å²) in [6.45, 7) is 2.46. The van der Waals surface area contributed by atoms with Crippen LogP contribution in [0.4, 0.5) is 4.39 Å². The highest BCUT2D eigenvalue weighted by molar-refractivity contribution is 5.38. The first-order chi connectivity index (χ1) is 9.65. The van der Waals surface area contributed by atoms with Crippen molar-refractivity contribution in [1.82, 2.24) is 0 Å². The first kappa shape index (κ1) is 14.3. The maximum absolute atomic E-state index is 13.4. The standard InChI is InChI=1S/C16H17FO3/c1-3-20-13-6-4-5-11(9-13)16(18)12-7-8-14(17)15(10-12)19-2/h4-10,16,18H,3H2,1-2H3. The SMILES string of the molecule is CCOc1cccc(C(O)c2ccc(F)c(OC)c2)c1.